The van der Waals surface area contributed by atoms with Gasteiger partial charge in [-0.15, -0.1) is 0 Å². The molecule has 0 saturated carbocycles. The molecule has 22 heavy (non-hydrogen) atoms. The number of methoxy groups -OCH3 is 2. The fourth-order valence-corrected chi connectivity index (χ4v) is 1.96. The number of carbonyl (C=O) groups excluding carboxylic acids is 1. The van der Waals surface area contributed by atoms with Crippen molar-refractivity contribution in [1.29, 1.82) is 0 Å². The summed E-state index contributed by atoms with van der Waals surface area (Å²) in [5, 5.41) is 0. The van der Waals surface area contributed by atoms with Crippen LogP contribution in [0.25, 0.3) is 11.1 Å². The van der Waals surface area contributed by atoms with Crippen molar-refractivity contribution >= 4 is 5.97 Å². The van der Waals surface area contributed by atoms with E-state index in [9.17, 15) is 4.79 Å². The lowest BCUT2D eigenvalue weighted by atomic mass is 10.0. The Morgan fingerprint density at radius 1 is 1.00 bits per heavy atom. The van der Waals surface area contributed by atoms with Crippen molar-refractivity contribution in [3.63, 3.8) is 0 Å². The van der Waals surface area contributed by atoms with Gasteiger partial charge in [-0.1, -0.05) is 42.5 Å². The molecule has 0 aliphatic rings. The Morgan fingerprint density at radius 2 is 1.73 bits per heavy atom. The molecule has 114 valence electrons. The molecular weight excluding hydrogens is 280 g/mol. The van der Waals surface area contributed by atoms with E-state index < -0.39 is 5.97 Å². The molecule has 0 bridgehead atoms. The molecule has 0 fully saturated rings. The Labute approximate surface area is 129 Å². The van der Waals surface area contributed by atoms with Gasteiger partial charge < -0.3 is 14.2 Å². The van der Waals surface area contributed by atoms with Gasteiger partial charge in [0.2, 0.25) is 5.76 Å². The number of benzene rings is 2. The standard InChI is InChI=1S/C18H18O4/c1-13-9-10-15(14-7-5-4-6-8-14)11-16(13)22-17(12-20-2)18(19)21-3/h4-12H,1-3H3/b17-12-. The van der Waals surface area contributed by atoms with E-state index in [4.69, 9.17) is 9.47 Å². The predicted octanol–water partition coefficient (Wildman–Crippen LogP) is 3.70. The van der Waals surface area contributed by atoms with Crippen LogP contribution in [-0.2, 0) is 14.3 Å². The number of hydrogen-bond acceptors (Lipinski definition) is 4. The van der Waals surface area contributed by atoms with E-state index in [1.54, 1.807) is 0 Å². The minimum atomic E-state index is -0.591. The Kier molecular flexibility index (Phi) is 5.20. The maximum Gasteiger partial charge on any atom is 0.377 e. The van der Waals surface area contributed by atoms with Crippen LogP contribution in [-0.4, -0.2) is 20.2 Å². The molecule has 0 spiro atoms. The van der Waals surface area contributed by atoms with Gasteiger partial charge in [0.1, 0.15) is 12.0 Å². The SMILES string of the molecule is CO/C=C(\Oc1cc(-c2ccccc2)ccc1C)C(=O)OC. The van der Waals surface area contributed by atoms with Crippen LogP contribution in [0.3, 0.4) is 0 Å². The lowest BCUT2D eigenvalue weighted by Crippen LogP contribution is -2.11. The predicted molar refractivity (Wildman–Crippen MR) is 84.4 cm³/mol. The van der Waals surface area contributed by atoms with Gasteiger partial charge in [0.25, 0.3) is 0 Å². The Balaban J connectivity index is 2.35. The second-order valence-corrected chi connectivity index (χ2v) is 4.66. The molecule has 2 rings (SSSR count). The molecule has 0 saturated heterocycles. The minimum absolute atomic E-state index is 0.00156. The van der Waals surface area contributed by atoms with E-state index in [-0.39, 0.29) is 5.76 Å². The molecule has 0 N–H and O–H groups in total. The molecular formula is C18H18O4. The summed E-state index contributed by atoms with van der Waals surface area (Å²) in [5.41, 5.74) is 2.98. The van der Waals surface area contributed by atoms with Gasteiger partial charge in [0.15, 0.2) is 0 Å². The third-order valence-corrected chi connectivity index (χ3v) is 3.13. The number of hydrogen-bond donors (Lipinski definition) is 0. The zero-order chi connectivity index (χ0) is 15.9. The zero-order valence-electron chi connectivity index (χ0n) is 12.8. The minimum Gasteiger partial charge on any atom is -0.500 e. The molecule has 2 aromatic carbocycles. The monoisotopic (exact) mass is 298 g/mol. The number of ether oxygens (including phenoxy) is 3. The highest BCUT2D eigenvalue weighted by atomic mass is 16.6. The van der Waals surface area contributed by atoms with E-state index in [0.29, 0.717) is 5.75 Å². The molecule has 0 aliphatic heterocycles. The average molecular weight is 298 g/mol. The molecule has 0 aliphatic carbocycles. The van der Waals surface area contributed by atoms with E-state index in [0.717, 1.165) is 16.7 Å². The quantitative estimate of drug-likeness (QED) is 0.479. The van der Waals surface area contributed by atoms with Gasteiger partial charge in [-0.3, -0.25) is 0 Å². The molecule has 0 heterocycles. The molecule has 2 aromatic rings. The molecule has 0 radical (unpaired) electrons. The fourth-order valence-electron chi connectivity index (χ4n) is 1.96. The normalized spacial score (nSPS) is 11.0. The topological polar surface area (TPSA) is 44.8 Å². The summed E-state index contributed by atoms with van der Waals surface area (Å²) in [5.74, 6) is -0.0141. The number of esters is 1. The van der Waals surface area contributed by atoms with Crippen LogP contribution < -0.4 is 4.74 Å². The van der Waals surface area contributed by atoms with Crippen LogP contribution in [0.2, 0.25) is 0 Å². The zero-order valence-corrected chi connectivity index (χ0v) is 12.8. The van der Waals surface area contributed by atoms with Crippen LogP contribution >= 0.6 is 0 Å². The summed E-state index contributed by atoms with van der Waals surface area (Å²) in [4.78, 5) is 11.7. The Hall–Kier alpha value is -2.75. The van der Waals surface area contributed by atoms with Crippen LogP contribution in [0.1, 0.15) is 5.56 Å². The van der Waals surface area contributed by atoms with Crippen molar-refractivity contribution in [3.05, 3.63) is 66.1 Å². The Bertz CT molecular complexity index is 675. The third kappa shape index (κ3) is 3.67. The van der Waals surface area contributed by atoms with E-state index in [2.05, 4.69) is 4.74 Å². The molecule has 0 unspecified atom stereocenters. The van der Waals surface area contributed by atoms with Gasteiger partial charge in [-0.25, -0.2) is 4.79 Å². The van der Waals surface area contributed by atoms with E-state index in [1.165, 1.54) is 20.5 Å². The van der Waals surface area contributed by atoms with Gasteiger partial charge in [-0.2, -0.15) is 0 Å². The van der Waals surface area contributed by atoms with E-state index >= 15 is 0 Å². The van der Waals surface area contributed by atoms with Crippen molar-refractivity contribution in [2.45, 2.75) is 6.92 Å². The summed E-state index contributed by atoms with van der Waals surface area (Å²) in [6.45, 7) is 1.91. The first kappa shape index (κ1) is 15.6. The van der Waals surface area contributed by atoms with Crippen LogP contribution in [0.5, 0.6) is 5.75 Å². The van der Waals surface area contributed by atoms with Crippen molar-refractivity contribution in [1.82, 2.24) is 0 Å². The van der Waals surface area contributed by atoms with Gasteiger partial charge in [0, 0.05) is 0 Å². The first-order valence-corrected chi connectivity index (χ1v) is 6.81. The fraction of sp³-hybridized carbons (Fsp3) is 0.167. The molecule has 4 nitrogen and oxygen atoms in total. The van der Waals surface area contributed by atoms with Crippen molar-refractivity contribution in [2.75, 3.05) is 14.2 Å². The number of carbonyl (C=O) groups is 1. The molecule has 0 aromatic heterocycles. The summed E-state index contributed by atoms with van der Waals surface area (Å²) in [6.07, 6.45) is 1.22. The van der Waals surface area contributed by atoms with Crippen LogP contribution in [0.15, 0.2) is 60.6 Å². The largest absolute Gasteiger partial charge is 0.500 e. The first-order valence-electron chi connectivity index (χ1n) is 6.81. The highest BCUT2D eigenvalue weighted by Crippen LogP contribution is 2.28. The number of rotatable bonds is 5. The second-order valence-electron chi connectivity index (χ2n) is 4.66. The Morgan fingerprint density at radius 3 is 2.36 bits per heavy atom. The maximum absolute atomic E-state index is 11.7. The lowest BCUT2D eigenvalue weighted by Gasteiger charge is -2.12. The number of aryl methyl sites for hydroxylation is 1. The summed E-state index contributed by atoms with van der Waals surface area (Å²) in [7, 11) is 2.74. The van der Waals surface area contributed by atoms with Gasteiger partial charge in [-0.05, 0) is 29.7 Å². The van der Waals surface area contributed by atoms with Crippen molar-refractivity contribution in [2.24, 2.45) is 0 Å². The third-order valence-electron chi connectivity index (χ3n) is 3.13. The van der Waals surface area contributed by atoms with Gasteiger partial charge in [0.05, 0.1) is 14.2 Å². The smallest absolute Gasteiger partial charge is 0.377 e. The van der Waals surface area contributed by atoms with Crippen LogP contribution in [0.4, 0.5) is 0 Å². The summed E-state index contributed by atoms with van der Waals surface area (Å²) < 4.78 is 15.2. The molecule has 4 heteroatoms. The molecule has 0 atom stereocenters. The second kappa shape index (κ2) is 7.31. The maximum atomic E-state index is 11.7. The lowest BCUT2D eigenvalue weighted by molar-refractivity contribution is -0.138. The highest BCUT2D eigenvalue weighted by molar-refractivity contribution is 5.86. The molecule has 0 amide bonds. The first-order chi connectivity index (χ1) is 10.7. The van der Waals surface area contributed by atoms with Crippen LogP contribution in [0, 0.1) is 6.92 Å². The summed E-state index contributed by atoms with van der Waals surface area (Å²) in [6, 6.07) is 15.8. The van der Waals surface area contributed by atoms with Crippen molar-refractivity contribution in [3.8, 4) is 16.9 Å². The average Bonchev–Trinajstić information content (AvgIpc) is 2.56. The van der Waals surface area contributed by atoms with Crippen molar-refractivity contribution < 1.29 is 19.0 Å². The summed E-state index contributed by atoms with van der Waals surface area (Å²) >= 11 is 0. The highest BCUT2D eigenvalue weighted by Gasteiger charge is 2.15. The van der Waals surface area contributed by atoms with E-state index in [1.807, 2.05) is 55.5 Å². The van der Waals surface area contributed by atoms with Gasteiger partial charge >= 0.3 is 5.97 Å².